The van der Waals surface area contributed by atoms with E-state index >= 15 is 0 Å². The molecule has 0 fully saturated rings. The largest absolute Gasteiger partial charge is 0.481 e. The van der Waals surface area contributed by atoms with Gasteiger partial charge in [0.15, 0.2) is 11.8 Å². The Kier molecular flexibility index (Phi) is 7.44. The van der Waals surface area contributed by atoms with Crippen molar-refractivity contribution in [3.05, 3.63) is 6.92 Å². The van der Waals surface area contributed by atoms with Gasteiger partial charge in [0.05, 0.1) is 0 Å². The van der Waals surface area contributed by atoms with Crippen LogP contribution in [-0.4, -0.2) is 18.4 Å². The standard InChI is InChI=1S/C5H7O3.Mo/c1-4(6)3-8-5(2)7;/h2-3H2,1H3;/q-1;. The zero-order chi connectivity index (χ0) is 6.57. The first-order valence-electron chi connectivity index (χ1n) is 2.11. The molecule has 0 aromatic carbocycles. The summed E-state index contributed by atoms with van der Waals surface area (Å²) in [6.45, 7) is 4.07. The van der Waals surface area contributed by atoms with Crippen molar-refractivity contribution >= 4 is 11.8 Å². The van der Waals surface area contributed by atoms with Crippen LogP contribution in [0.1, 0.15) is 6.92 Å². The number of hydrogen-bond donors (Lipinski definition) is 0. The van der Waals surface area contributed by atoms with Crippen LogP contribution in [0, 0.1) is 6.92 Å². The number of esters is 1. The first kappa shape index (κ1) is 11.5. The van der Waals surface area contributed by atoms with E-state index in [9.17, 15) is 9.59 Å². The SMILES string of the molecule is [CH2-]C(=O)OCC(C)=O.[Mo]. The summed E-state index contributed by atoms with van der Waals surface area (Å²) in [7, 11) is 0. The van der Waals surface area contributed by atoms with Crippen LogP contribution in [0.25, 0.3) is 0 Å². The monoisotopic (exact) mass is 213 g/mol. The Labute approximate surface area is 68.0 Å². The van der Waals surface area contributed by atoms with Crippen LogP contribution in [0.15, 0.2) is 0 Å². The van der Waals surface area contributed by atoms with E-state index < -0.39 is 5.97 Å². The molecule has 0 radical (unpaired) electrons. The summed E-state index contributed by atoms with van der Waals surface area (Å²) in [6.07, 6.45) is 0. The number of Topliss-reactive ketones (excluding diaryl/α,β-unsaturated/α-hetero) is 1. The maximum Gasteiger partial charge on any atom is 0.167 e. The van der Waals surface area contributed by atoms with E-state index in [2.05, 4.69) is 11.7 Å². The Bertz CT molecular complexity index is 96.8. The molecule has 52 valence electrons. The number of ether oxygens (including phenoxy) is 1. The van der Waals surface area contributed by atoms with E-state index in [4.69, 9.17) is 0 Å². The first-order valence-corrected chi connectivity index (χ1v) is 2.11. The molecule has 0 aliphatic carbocycles. The summed E-state index contributed by atoms with van der Waals surface area (Å²) in [6, 6.07) is 0. The van der Waals surface area contributed by atoms with E-state index in [-0.39, 0.29) is 33.5 Å². The third-order valence-electron chi connectivity index (χ3n) is 0.436. The number of carbonyl (C=O) groups is 2. The third-order valence-corrected chi connectivity index (χ3v) is 0.436. The summed E-state index contributed by atoms with van der Waals surface area (Å²) in [5, 5.41) is 0. The summed E-state index contributed by atoms with van der Waals surface area (Å²) in [4.78, 5) is 19.9. The molecule has 0 aliphatic rings. The zero-order valence-electron chi connectivity index (χ0n) is 5.05. The topological polar surface area (TPSA) is 43.4 Å². The van der Waals surface area contributed by atoms with Gasteiger partial charge in [-0.1, -0.05) is 0 Å². The van der Waals surface area contributed by atoms with Crippen LogP contribution in [0.4, 0.5) is 0 Å². The maximum absolute atomic E-state index is 10.0. The fourth-order valence-electron chi connectivity index (χ4n) is 0.182. The van der Waals surface area contributed by atoms with Gasteiger partial charge in [0.2, 0.25) is 0 Å². The van der Waals surface area contributed by atoms with Crippen LogP contribution in [0.3, 0.4) is 0 Å². The van der Waals surface area contributed by atoms with Gasteiger partial charge in [0.25, 0.3) is 0 Å². The van der Waals surface area contributed by atoms with Crippen LogP contribution in [0.2, 0.25) is 0 Å². The minimum Gasteiger partial charge on any atom is -0.481 e. The van der Waals surface area contributed by atoms with Crippen LogP contribution in [0.5, 0.6) is 0 Å². The molecule has 0 N–H and O–H groups in total. The van der Waals surface area contributed by atoms with Gasteiger partial charge in [-0.25, -0.2) is 0 Å². The van der Waals surface area contributed by atoms with Crippen LogP contribution < -0.4 is 0 Å². The van der Waals surface area contributed by atoms with E-state index in [1.165, 1.54) is 6.92 Å². The second kappa shape index (κ2) is 5.83. The van der Waals surface area contributed by atoms with Crippen LogP contribution in [-0.2, 0) is 35.4 Å². The normalized spacial score (nSPS) is 7.22. The van der Waals surface area contributed by atoms with Crippen molar-refractivity contribution in [2.24, 2.45) is 0 Å². The quantitative estimate of drug-likeness (QED) is 0.365. The molecule has 9 heavy (non-hydrogen) atoms. The van der Waals surface area contributed by atoms with Crippen molar-refractivity contribution in [2.45, 2.75) is 6.92 Å². The molecule has 0 bridgehead atoms. The average Bonchev–Trinajstić information content (AvgIpc) is 1.61. The van der Waals surface area contributed by atoms with Gasteiger partial charge < -0.3 is 4.74 Å². The maximum atomic E-state index is 10.0. The summed E-state index contributed by atoms with van der Waals surface area (Å²) >= 11 is 0. The third kappa shape index (κ3) is 11.3. The molecular formula is C5H7MoO3-. The molecule has 0 aromatic heterocycles. The Hall–Kier alpha value is -0.302. The molecule has 4 heteroatoms. The summed E-state index contributed by atoms with van der Waals surface area (Å²) < 4.78 is 4.20. The van der Waals surface area contributed by atoms with Crippen molar-refractivity contribution in [3.63, 3.8) is 0 Å². The van der Waals surface area contributed by atoms with E-state index in [0.29, 0.717) is 0 Å². The van der Waals surface area contributed by atoms with Gasteiger partial charge in [0.1, 0.15) is 6.61 Å². The van der Waals surface area contributed by atoms with Crippen molar-refractivity contribution < 1.29 is 35.4 Å². The molecule has 0 saturated carbocycles. The molecule has 0 spiro atoms. The molecule has 0 rings (SSSR count). The van der Waals surface area contributed by atoms with Gasteiger partial charge >= 0.3 is 0 Å². The van der Waals surface area contributed by atoms with Crippen molar-refractivity contribution in [1.29, 1.82) is 0 Å². The number of hydrogen-bond acceptors (Lipinski definition) is 3. The second-order valence-corrected chi connectivity index (χ2v) is 1.36. The number of ketones is 1. The zero-order valence-corrected chi connectivity index (χ0v) is 7.05. The Balaban J connectivity index is 0. The Morgan fingerprint density at radius 2 is 2.00 bits per heavy atom. The van der Waals surface area contributed by atoms with Gasteiger partial charge in [-0.2, -0.15) is 0 Å². The smallest absolute Gasteiger partial charge is 0.167 e. The molecule has 0 atom stereocenters. The van der Waals surface area contributed by atoms with Gasteiger partial charge in [-0.3, -0.25) is 16.5 Å². The number of rotatable bonds is 2. The molecule has 0 aliphatic heterocycles. The van der Waals surface area contributed by atoms with Crippen molar-refractivity contribution in [1.82, 2.24) is 0 Å². The fourth-order valence-corrected chi connectivity index (χ4v) is 0.182. The first-order chi connectivity index (χ1) is 3.63. The van der Waals surface area contributed by atoms with Gasteiger partial charge in [-0.15, -0.1) is 0 Å². The second-order valence-electron chi connectivity index (χ2n) is 1.36. The predicted molar refractivity (Wildman–Crippen MR) is 27.0 cm³/mol. The minimum atomic E-state index is -0.666. The summed E-state index contributed by atoms with van der Waals surface area (Å²) in [5.41, 5.74) is 0. The summed E-state index contributed by atoms with van der Waals surface area (Å²) in [5.74, 6) is -0.845. The average molecular weight is 211 g/mol. The Morgan fingerprint density at radius 1 is 1.56 bits per heavy atom. The predicted octanol–water partition coefficient (Wildman–Crippen LogP) is -0.0498. The van der Waals surface area contributed by atoms with E-state index in [1.54, 1.807) is 0 Å². The van der Waals surface area contributed by atoms with E-state index in [1.807, 2.05) is 0 Å². The molecule has 3 nitrogen and oxygen atoms in total. The molecule has 0 aromatic rings. The molecule has 0 unspecified atom stereocenters. The van der Waals surface area contributed by atoms with Crippen molar-refractivity contribution in [2.75, 3.05) is 6.61 Å². The molecule has 0 saturated heterocycles. The molecule has 0 heterocycles. The van der Waals surface area contributed by atoms with E-state index in [0.717, 1.165) is 0 Å². The van der Waals surface area contributed by atoms with Crippen LogP contribution >= 0.6 is 0 Å². The van der Waals surface area contributed by atoms with Crippen molar-refractivity contribution in [3.8, 4) is 0 Å². The molecular weight excluding hydrogens is 204 g/mol. The van der Waals surface area contributed by atoms with Gasteiger partial charge in [0, 0.05) is 21.1 Å². The Morgan fingerprint density at radius 3 is 2.11 bits per heavy atom. The van der Waals surface area contributed by atoms with Gasteiger partial charge in [-0.05, 0) is 6.92 Å². The fraction of sp³-hybridized carbons (Fsp3) is 0.400. The molecule has 0 amide bonds. The minimum absolute atomic E-state index is 0. The number of carbonyl (C=O) groups excluding carboxylic acids is 2.